The van der Waals surface area contributed by atoms with E-state index in [2.05, 4.69) is 31.4 Å². The fraction of sp³-hybridized carbons (Fsp3) is 0.0588. The number of non-ortho nitro benzene ring substituents is 1. The van der Waals surface area contributed by atoms with Gasteiger partial charge in [-0.3, -0.25) is 14.9 Å². The lowest BCUT2D eigenvalue weighted by Crippen LogP contribution is -2.18. The zero-order valence-electron chi connectivity index (χ0n) is 13.1. The number of nitro benzene ring substituents is 1. The van der Waals surface area contributed by atoms with Crippen molar-refractivity contribution in [2.45, 2.75) is 6.92 Å². The molecule has 0 radical (unpaired) electrons. The number of H-pyrrole nitrogens is 1. The number of amides is 1. The lowest BCUT2D eigenvalue weighted by Gasteiger charge is -1.99. The Balaban J connectivity index is 1.74. The Morgan fingerprint density at radius 2 is 2.00 bits per heavy atom. The predicted octanol–water partition coefficient (Wildman–Crippen LogP) is 3.91. The molecule has 0 spiro atoms. The van der Waals surface area contributed by atoms with Crippen LogP contribution in [0.2, 0.25) is 0 Å². The summed E-state index contributed by atoms with van der Waals surface area (Å²) in [6.07, 6.45) is 1.43. The van der Waals surface area contributed by atoms with Gasteiger partial charge in [0.25, 0.3) is 11.6 Å². The van der Waals surface area contributed by atoms with Gasteiger partial charge in [-0.15, -0.1) is 0 Å². The second kappa shape index (κ2) is 6.86. The molecule has 0 aliphatic heterocycles. The first kappa shape index (κ1) is 16.8. The van der Waals surface area contributed by atoms with E-state index in [1.54, 1.807) is 12.1 Å². The molecule has 0 saturated carbocycles. The zero-order valence-corrected chi connectivity index (χ0v) is 14.7. The molecule has 0 bridgehead atoms. The number of halogens is 1. The molecular weight excluding hydrogens is 388 g/mol. The molecule has 0 fully saturated rings. The molecule has 126 valence electrons. The van der Waals surface area contributed by atoms with Crippen molar-refractivity contribution in [1.82, 2.24) is 10.4 Å². The summed E-state index contributed by atoms with van der Waals surface area (Å²) in [5.74, 6) is -0.358. The van der Waals surface area contributed by atoms with Crippen LogP contribution < -0.4 is 5.43 Å². The predicted molar refractivity (Wildman–Crippen MR) is 98.9 cm³/mol. The highest BCUT2D eigenvalue weighted by atomic mass is 79.9. The number of nitrogens with one attached hydrogen (secondary N) is 2. The van der Waals surface area contributed by atoms with Crippen molar-refractivity contribution in [3.63, 3.8) is 0 Å². The molecule has 2 N–H and O–H groups in total. The fourth-order valence-electron chi connectivity index (χ4n) is 2.43. The molecule has 8 heteroatoms. The number of carbonyl (C=O) groups is 1. The Kier molecular flexibility index (Phi) is 4.62. The Bertz CT molecular complexity index is 993. The fourth-order valence-corrected chi connectivity index (χ4v) is 2.79. The molecule has 0 aliphatic rings. The van der Waals surface area contributed by atoms with E-state index in [9.17, 15) is 14.9 Å². The highest BCUT2D eigenvalue weighted by molar-refractivity contribution is 9.10. The van der Waals surface area contributed by atoms with E-state index in [0.29, 0.717) is 11.3 Å². The van der Waals surface area contributed by atoms with Gasteiger partial charge >= 0.3 is 0 Å². The molecule has 1 amide bonds. The number of hydrogen-bond donors (Lipinski definition) is 2. The van der Waals surface area contributed by atoms with E-state index in [4.69, 9.17) is 0 Å². The average Bonchev–Trinajstić information content (AvgIpc) is 2.92. The van der Waals surface area contributed by atoms with Crippen LogP contribution in [0.15, 0.2) is 52.0 Å². The summed E-state index contributed by atoms with van der Waals surface area (Å²) in [5.41, 5.74) is 5.24. The second-order valence-corrected chi connectivity index (χ2v) is 6.28. The number of aromatic nitrogens is 1. The normalized spacial score (nSPS) is 11.1. The zero-order chi connectivity index (χ0) is 18.0. The number of aryl methyl sites for hydroxylation is 1. The van der Waals surface area contributed by atoms with Crippen molar-refractivity contribution in [3.05, 3.63) is 73.9 Å². The van der Waals surface area contributed by atoms with Gasteiger partial charge in [0.1, 0.15) is 5.69 Å². The first-order valence-electron chi connectivity index (χ1n) is 7.31. The lowest BCUT2D eigenvalue weighted by atomic mass is 10.1. The maximum absolute atomic E-state index is 12.3. The number of hydrazone groups is 1. The van der Waals surface area contributed by atoms with Crippen LogP contribution in [0.1, 0.15) is 21.6 Å². The number of aromatic amines is 1. The minimum absolute atomic E-state index is 0.000969. The average molecular weight is 401 g/mol. The smallest absolute Gasteiger partial charge is 0.288 e. The monoisotopic (exact) mass is 400 g/mol. The van der Waals surface area contributed by atoms with Gasteiger partial charge in [0.2, 0.25) is 0 Å². The van der Waals surface area contributed by atoms with Crippen LogP contribution in [0.3, 0.4) is 0 Å². The Hall–Kier alpha value is -3.00. The molecule has 3 rings (SSSR count). The Labute approximate surface area is 151 Å². The van der Waals surface area contributed by atoms with Gasteiger partial charge in [-0.25, -0.2) is 5.43 Å². The highest BCUT2D eigenvalue weighted by Crippen LogP contribution is 2.25. The number of carbonyl (C=O) groups excluding carboxylic acids is 1. The summed E-state index contributed by atoms with van der Waals surface area (Å²) in [5, 5.41) is 15.5. The van der Waals surface area contributed by atoms with Gasteiger partial charge < -0.3 is 4.98 Å². The van der Waals surface area contributed by atoms with E-state index in [1.165, 1.54) is 18.3 Å². The van der Waals surface area contributed by atoms with E-state index >= 15 is 0 Å². The number of fused-ring (bicyclic) bond motifs is 1. The van der Waals surface area contributed by atoms with Crippen molar-refractivity contribution in [2.24, 2.45) is 5.10 Å². The summed E-state index contributed by atoms with van der Waals surface area (Å²) in [6, 6.07) is 11.6. The highest BCUT2D eigenvalue weighted by Gasteiger charge is 2.14. The minimum Gasteiger partial charge on any atom is -0.350 e. The van der Waals surface area contributed by atoms with Gasteiger partial charge in [0, 0.05) is 27.5 Å². The number of nitro groups is 1. The first-order valence-corrected chi connectivity index (χ1v) is 8.10. The third-order valence-electron chi connectivity index (χ3n) is 3.73. The van der Waals surface area contributed by atoms with Crippen molar-refractivity contribution < 1.29 is 9.72 Å². The number of nitrogens with zero attached hydrogens (tertiary/aromatic N) is 2. The quantitative estimate of drug-likeness (QED) is 0.394. The number of rotatable bonds is 4. The van der Waals surface area contributed by atoms with Crippen LogP contribution in [0.25, 0.3) is 10.9 Å². The van der Waals surface area contributed by atoms with Gasteiger partial charge in [-0.05, 0) is 48.4 Å². The summed E-state index contributed by atoms with van der Waals surface area (Å²) in [7, 11) is 0. The van der Waals surface area contributed by atoms with Crippen molar-refractivity contribution in [2.75, 3.05) is 0 Å². The van der Waals surface area contributed by atoms with E-state index in [-0.39, 0.29) is 11.6 Å². The van der Waals surface area contributed by atoms with Crippen LogP contribution in [-0.2, 0) is 0 Å². The van der Waals surface area contributed by atoms with E-state index in [1.807, 2.05) is 25.1 Å². The van der Waals surface area contributed by atoms with Crippen LogP contribution in [0.5, 0.6) is 0 Å². The molecule has 1 heterocycles. The van der Waals surface area contributed by atoms with Crippen molar-refractivity contribution in [3.8, 4) is 0 Å². The third-order valence-corrected chi connectivity index (χ3v) is 4.22. The number of benzene rings is 2. The molecule has 25 heavy (non-hydrogen) atoms. The van der Waals surface area contributed by atoms with Gasteiger partial charge in [0.15, 0.2) is 0 Å². The maximum Gasteiger partial charge on any atom is 0.288 e. The molecule has 2 aromatic carbocycles. The van der Waals surface area contributed by atoms with E-state index in [0.717, 1.165) is 20.9 Å². The summed E-state index contributed by atoms with van der Waals surface area (Å²) in [4.78, 5) is 25.5. The minimum atomic E-state index is -0.472. The molecule has 0 unspecified atom stereocenters. The molecule has 1 aromatic heterocycles. The standard InChI is InChI=1S/C17H13BrN4O3/c1-10-14-8-12(18)4-7-15(14)20-16(10)17(23)21-19-9-11-2-5-13(6-3-11)22(24)25/h2-9,20H,1H3,(H,21,23)/b19-9+. The molecular formula is C17H13BrN4O3. The van der Waals surface area contributed by atoms with Crippen LogP contribution in [0.4, 0.5) is 5.69 Å². The molecule has 0 aliphatic carbocycles. The molecule has 0 saturated heterocycles. The first-order chi connectivity index (χ1) is 12.0. The molecule has 3 aromatic rings. The number of hydrogen-bond acceptors (Lipinski definition) is 4. The Morgan fingerprint density at radius 3 is 2.68 bits per heavy atom. The molecule has 0 atom stereocenters. The van der Waals surface area contributed by atoms with Gasteiger partial charge in [-0.1, -0.05) is 15.9 Å². The van der Waals surface area contributed by atoms with E-state index < -0.39 is 4.92 Å². The van der Waals surface area contributed by atoms with Crippen LogP contribution >= 0.6 is 15.9 Å². The van der Waals surface area contributed by atoms with Gasteiger partial charge in [0.05, 0.1) is 11.1 Å². The summed E-state index contributed by atoms with van der Waals surface area (Å²) in [6.45, 7) is 1.86. The maximum atomic E-state index is 12.3. The summed E-state index contributed by atoms with van der Waals surface area (Å²) >= 11 is 3.41. The largest absolute Gasteiger partial charge is 0.350 e. The molecule has 7 nitrogen and oxygen atoms in total. The second-order valence-electron chi connectivity index (χ2n) is 5.36. The summed E-state index contributed by atoms with van der Waals surface area (Å²) < 4.78 is 0.935. The SMILES string of the molecule is Cc1c(C(=O)N/N=C/c2ccc([N+](=O)[O-])cc2)[nH]c2ccc(Br)cc12. The van der Waals surface area contributed by atoms with Crippen molar-refractivity contribution >= 4 is 44.6 Å². The van der Waals surface area contributed by atoms with Crippen LogP contribution in [0, 0.1) is 17.0 Å². The third kappa shape index (κ3) is 3.58. The van der Waals surface area contributed by atoms with Crippen LogP contribution in [-0.4, -0.2) is 22.0 Å². The topological polar surface area (TPSA) is 100 Å². The van der Waals surface area contributed by atoms with Gasteiger partial charge in [-0.2, -0.15) is 5.10 Å². The Morgan fingerprint density at radius 1 is 1.28 bits per heavy atom. The lowest BCUT2D eigenvalue weighted by molar-refractivity contribution is -0.384. The van der Waals surface area contributed by atoms with Crippen molar-refractivity contribution in [1.29, 1.82) is 0 Å².